The lowest BCUT2D eigenvalue weighted by molar-refractivity contribution is 0.169. The van der Waals surface area contributed by atoms with Gasteiger partial charge in [-0.25, -0.2) is 13.2 Å². The quantitative estimate of drug-likeness (QED) is 0.853. The van der Waals surface area contributed by atoms with Gasteiger partial charge in [0.05, 0.1) is 6.10 Å². The highest BCUT2D eigenvalue weighted by atomic mass is 79.9. The van der Waals surface area contributed by atoms with Crippen LogP contribution in [-0.4, -0.2) is 11.7 Å². The summed E-state index contributed by atoms with van der Waals surface area (Å²) in [5.74, 6) is -1.85. The molecule has 2 aromatic carbocycles. The van der Waals surface area contributed by atoms with E-state index in [2.05, 4.69) is 21.2 Å². The van der Waals surface area contributed by atoms with E-state index in [1.807, 2.05) is 0 Å². The predicted molar refractivity (Wildman–Crippen MR) is 77.1 cm³/mol. The predicted octanol–water partition coefficient (Wildman–Crippen LogP) is 3.69. The molecule has 2 aromatic rings. The largest absolute Gasteiger partial charge is 0.387 e. The van der Waals surface area contributed by atoms with Gasteiger partial charge in [-0.3, -0.25) is 0 Å². The van der Waals surface area contributed by atoms with Crippen molar-refractivity contribution >= 4 is 15.9 Å². The van der Waals surface area contributed by atoms with E-state index >= 15 is 0 Å². The molecule has 0 heterocycles. The standard InChI is InChI=1S/C15H13BrF3NO/c16-13-4-2-10(17)5-9(13)7-20-8-15(21)12-3-1-11(18)6-14(12)19/h1-6,15,20-21H,7-8H2. The van der Waals surface area contributed by atoms with E-state index in [1.165, 1.54) is 18.2 Å². The Kier molecular flexibility index (Phi) is 5.39. The van der Waals surface area contributed by atoms with Crippen molar-refractivity contribution in [3.8, 4) is 0 Å². The number of hydrogen-bond acceptors (Lipinski definition) is 2. The molecule has 0 bridgehead atoms. The van der Waals surface area contributed by atoms with Gasteiger partial charge in [0.1, 0.15) is 17.5 Å². The first kappa shape index (κ1) is 16.0. The molecule has 21 heavy (non-hydrogen) atoms. The minimum Gasteiger partial charge on any atom is -0.387 e. The molecule has 1 atom stereocenters. The summed E-state index contributed by atoms with van der Waals surface area (Å²) in [5.41, 5.74) is 0.698. The average molecular weight is 360 g/mol. The van der Waals surface area contributed by atoms with Gasteiger partial charge in [-0.05, 0) is 29.8 Å². The van der Waals surface area contributed by atoms with Gasteiger partial charge in [0, 0.05) is 29.2 Å². The highest BCUT2D eigenvalue weighted by molar-refractivity contribution is 9.10. The fraction of sp³-hybridized carbons (Fsp3) is 0.200. The zero-order chi connectivity index (χ0) is 15.4. The Hall–Kier alpha value is -1.37. The minimum atomic E-state index is -1.11. The van der Waals surface area contributed by atoms with Gasteiger partial charge in [-0.2, -0.15) is 0 Å². The van der Waals surface area contributed by atoms with Crippen molar-refractivity contribution < 1.29 is 18.3 Å². The van der Waals surface area contributed by atoms with Crippen LogP contribution in [0.5, 0.6) is 0 Å². The molecule has 2 nitrogen and oxygen atoms in total. The zero-order valence-corrected chi connectivity index (χ0v) is 12.5. The number of nitrogens with one attached hydrogen (secondary N) is 1. The lowest BCUT2D eigenvalue weighted by atomic mass is 10.1. The molecule has 0 aromatic heterocycles. The summed E-state index contributed by atoms with van der Waals surface area (Å²) in [5, 5.41) is 12.8. The van der Waals surface area contributed by atoms with Crippen molar-refractivity contribution in [2.45, 2.75) is 12.6 Å². The Balaban J connectivity index is 1.95. The Labute approximate surface area is 128 Å². The van der Waals surface area contributed by atoms with Gasteiger partial charge < -0.3 is 10.4 Å². The number of benzene rings is 2. The van der Waals surface area contributed by atoms with Crippen LogP contribution >= 0.6 is 15.9 Å². The van der Waals surface area contributed by atoms with Crippen LogP contribution in [0.25, 0.3) is 0 Å². The summed E-state index contributed by atoms with van der Waals surface area (Å²) < 4.78 is 40.1. The summed E-state index contributed by atoms with van der Waals surface area (Å²) in [6, 6.07) is 7.29. The first-order chi connectivity index (χ1) is 9.97. The van der Waals surface area contributed by atoms with Gasteiger partial charge in [0.2, 0.25) is 0 Å². The fourth-order valence-corrected chi connectivity index (χ4v) is 2.29. The Bertz CT molecular complexity index is 636. The van der Waals surface area contributed by atoms with Gasteiger partial charge >= 0.3 is 0 Å². The first-order valence-electron chi connectivity index (χ1n) is 6.25. The first-order valence-corrected chi connectivity index (χ1v) is 7.04. The smallest absolute Gasteiger partial charge is 0.131 e. The fourth-order valence-electron chi connectivity index (χ4n) is 1.90. The molecule has 0 fully saturated rings. The topological polar surface area (TPSA) is 32.3 Å². The van der Waals surface area contributed by atoms with Crippen LogP contribution in [0, 0.1) is 17.5 Å². The maximum Gasteiger partial charge on any atom is 0.131 e. The summed E-state index contributed by atoms with van der Waals surface area (Å²) >= 11 is 3.29. The highest BCUT2D eigenvalue weighted by Crippen LogP contribution is 2.19. The van der Waals surface area contributed by atoms with Crippen molar-refractivity contribution in [3.63, 3.8) is 0 Å². The monoisotopic (exact) mass is 359 g/mol. The van der Waals surface area contributed by atoms with E-state index in [1.54, 1.807) is 6.07 Å². The average Bonchev–Trinajstić information content (AvgIpc) is 2.42. The zero-order valence-electron chi connectivity index (χ0n) is 10.9. The molecule has 0 radical (unpaired) electrons. The van der Waals surface area contributed by atoms with E-state index in [0.29, 0.717) is 12.1 Å². The van der Waals surface area contributed by atoms with Gasteiger partial charge in [-0.1, -0.05) is 22.0 Å². The Morgan fingerprint density at radius 3 is 2.43 bits per heavy atom. The maximum atomic E-state index is 13.5. The highest BCUT2D eigenvalue weighted by Gasteiger charge is 2.13. The van der Waals surface area contributed by atoms with E-state index in [-0.39, 0.29) is 17.9 Å². The second-order valence-electron chi connectivity index (χ2n) is 4.55. The van der Waals surface area contributed by atoms with Crippen molar-refractivity contribution in [2.75, 3.05) is 6.54 Å². The summed E-state index contributed by atoms with van der Waals surface area (Å²) in [4.78, 5) is 0. The van der Waals surface area contributed by atoms with Crippen molar-refractivity contribution in [1.82, 2.24) is 5.32 Å². The molecule has 0 amide bonds. The molecule has 0 aliphatic carbocycles. The Morgan fingerprint density at radius 2 is 1.71 bits per heavy atom. The number of hydrogen-bond donors (Lipinski definition) is 2. The molecular weight excluding hydrogens is 347 g/mol. The molecule has 2 N–H and O–H groups in total. The maximum absolute atomic E-state index is 13.5. The summed E-state index contributed by atoms with van der Waals surface area (Å²) in [6.45, 7) is 0.365. The van der Waals surface area contributed by atoms with Crippen molar-refractivity contribution in [1.29, 1.82) is 0 Å². The second-order valence-corrected chi connectivity index (χ2v) is 5.40. The van der Waals surface area contributed by atoms with Gasteiger partial charge in [-0.15, -0.1) is 0 Å². The Morgan fingerprint density at radius 1 is 1.05 bits per heavy atom. The molecule has 0 saturated carbocycles. The molecule has 2 rings (SSSR count). The molecule has 0 aliphatic rings. The van der Waals surface area contributed by atoms with Crippen LogP contribution in [0.4, 0.5) is 13.2 Å². The third-order valence-corrected chi connectivity index (χ3v) is 3.76. The van der Waals surface area contributed by atoms with E-state index in [4.69, 9.17) is 0 Å². The molecule has 0 saturated heterocycles. The van der Waals surface area contributed by atoms with Crippen LogP contribution in [0.2, 0.25) is 0 Å². The number of rotatable bonds is 5. The summed E-state index contributed by atoms with van der Waals surface area (Å²) in [6.07, 6.45) is -1.11. The van der Waals surface area contributed by atoms with E-state index < -0.39 is 17.7 Å². The number of halogens is 4. The van der Waals surface area contributed by atoms with E-state index in [0.717, 1.165) is 16.6 Å². The molecule has 1 unspecified atom stereocenters. The van der Waals surface area contributed by atoms with Crippen LogP contribution < -0.4 is 5.32 Å². The molecule has 6 heteroatoms. The number of aliphatic hydroxyl groups is 1. The lowest BCUT2D eigenvalue weighted by Gasteiger charge is -2.13. The minimum absolute atomic E-state index is 0.0159. The van der Waals surface area contributed by atoms with Crippen LogP contribution in [0.3, 0.4) is 0 Å². The molecule has 112 valence electrons. The third kappa shape index (κ3) is 4.30. The van der Waals surface area contributed by atoms with Crippen molar-refractivity contribution in [3.05, 3.63) is 69.4 Å². The molecule has 0 spiro atoms. The molecule has 0 aliphatic heterocycles. The van der Waals surface area contributed by atoms with Gasteiger partial charge in [0.25, 0.3) is 0 Å². The number of aliphatic hydroxyl groups excluding tert-OH is 1. The van der Waals surface area contributed by atoms with Gasteiger partial charge in [0.15, 0.2) is 0 Å². The third-order valence-electron chi connectivity index (χ3n) is 2.98. The lowest BCUT2D eigenvalue weighted by Crippen LogP contribution is -2.22. The molecular formula is C15H13BrF3NO. The SMILES string of the molecule is OC(CNCc1cc(F)ccc1Br)c1ccc(F)cc1F. The summed E-state index contributed by atoms with van der Waals surface area (Å²) in [7, 11) is 0. The van der Waals surface area contributed by atoms with E-state index in [9.17, 15) is 18.3 Å². The second kappa shape index (κ2) is 7.06. The van der Waals surface area contributed by atoms with Crippen molar-refractivity contribution in [2.24, 2.45) is 0 Å². The normalized spacial score (nSPS) is 12.4. The van der Waals surface area contributed by atoms with Crippen LogP contribution in [0.1, 0.15) is 17.2 Å². The van der Waals surface area contributed by atoms with Crippen LogP contribution in [0.15, 0.2) is 40.9 Å². The van der Waals surface area contributed by atoms with Crippen LogP contribution in [-0.2, 0) is 6.54 Å².